The van der Waals surface area contributed by atoms with E-state index in [1.54, 1.807) is 17.8 Å². The van der Waals surface area contributed by atoms with Crippen molar-refractivity contribution >= 4 is 17.7 Å². The summed E-state index contributed by atoms with van der Waals surface area (Å²) >= 11 is 1.70. The number of furan rings is 1. The number of carbonyl (C=O) groups excluding carboxylic acids is 1. The summed E-state index contributed by atoms with van der Waals surface area (Å²) in [5.74, 6) is 1.57. The molecule has 3 aromatic rings. The van der Waals surface area contributed by atoms with Crippen LogP contribution in [0.25, 0.3) is 11.3 Å². The number of hydrogen-bond donors (Lipinski definition) is 1. The summed E-state index contributed by atoms with van der Waals surface area (Å²) in [5.41, 5.74) is 1.00. The molecule has 1 amide bonds. The summed E-state index contributed by atoms with van der Waals surface area (Å²) in [7, 11) is 0. The number of hydrogen-bond acceptors (Lipinski definition) is 4. The Morgan fingerprint density at radius 1 is 1.00 bits per heavy atom. The highest BCUT2D eigenvalue weighted by atomic mass is 32.2. The Morgan fingerprint density at radius 2 is 1.73 bits per heavy atom. The maximum atomic E-state index is 12.9. The first-order valence-electron chi connectivity index (χ1n) is 10.7. The number of amides is 1. The monoisotopic (exact) mass is 418 g/mol. The maximum Gasteiger partial charge on any atom is 0.287 e. The van der Waals surface area contributed by atoms with Crippen molar-refractivity contribution in [3.63, 3.8) is 0 Å². The van der Waals surface area contributed by atoms with E-state index in [0.29, 0.717) is 17.7 Å². The molecule has 3 saturated heterocycles. The SMILES string of the molecule is C[C@H]1[C@H](NC(=O)c2ccc(-c3ccccc3Sc3ccccc3)o2)C2CCN1CC2. The molecule has 0 spiro atoms. The van der Waals surface area contributed by atoms with Crippen molar-refractivity contribution in [1.29, 1.82) is 0 Å². The summed E-state index contributed by atoms with van der Waals surface area (Å²) in [6, 6.07) is 22.7. The van der Waals surface area contributed by atoms with Gasteiger partial charge in [-0.15, -0.1) is 0 Å². The number of rotatable bonds is 5. The fourth-order valence-corrected chi connectivity index (χ4v) is 5.72. The second-order valence-electron chi connectivity index (χ2n) is 8.19. The number of nitrogens with one attached hydrogen (secondary N) is 1. The Morgan fingerprint density at radius 3 is 2.50 bits per heavy atom. The lowest BCUT2D eigenvalue weighted by Crippen LogP contribution is -2.62. The molecule has 30 heavy (non-hydrogen) atoms. The maximum absolute atomic E-state index is 12.9. The number of carbonyl (C=O) groups is 1. The minimum Gasteiger partial charge on any atom is -0.451 e. The number of nitrogens with zero attached hydrogens (tertiary/aromatic N) is 1. The third-order valence-electron chi connectivity index (χ3n) is 6.43. The van der Waals surface area contributed by atoms with Crippen LogP contribution in [-0.4, -0.2) is 36.0 Å². The molecule has 0 radical (unpaired) electrons. The first-order valence-corrected chi connectivity index (χ1v) is 11.5. The van der Waals surface area contributed by atoms with E-state index in [9.17, 15) is 4.79 Å². The van der Waals surface area contributed by atoms with Crippen molar-refractivity contribution in [2.24, 2.45) is 5.92 Å². The van der Waals surface area contributed by atoms with Crippen molar-refractivity contribution in [1.82, 2.24) is 10.2 Å². The smallest absolute Gasteiger partial charge is 0.287 e. The Labute approximate surface area is 181 Å². The highest BCUT2D eigenvalue weighted by Crippen LogP contribution is 2.37. The van der Waals surface area contributed by atoms with E-state index in [-0.39, 0.29) is 11.9 Å². The van der Waals surface area contributed by atoms with E-state index in [4.69, 9.17) is 4.42 Å². The van der Waals surface area contributed by atoms with Gasteiger partial charge in [-0.25, -0.2) is 0 Å². The van der Waals surface area contributed by atoms with Gasteiger partial charge >= 0.3 is 0 Å². The van der Waals surface area contributed by atoms with Crippen LogP contribution >= 0.6 is 11.8 Å². The van der Waals surface area contributed by atoms with Crippen LogP contribution in [0.15, 0.2) is 80.9 Å². The van der Waals surface area contributed by atoms with Crippen molar-refractivity contribution in [2.75, 3.05) is 13.1 Å². The predicted octanol–water partition coefficient (Wildman–Crippen LogP) is 5.31. The van der Waals surface area contributed by atoms with Crippen molar-refractivity contribution in [2.45, 2.75) is 41.6 Å². The Kier molecular flexibility index (Phi) is 5.40. The van der Waals surface area contributed by atoms with Crippen LogP contribution in [0.1, 0.15) is 30.3 Å². The fraction of sp³-hybridized carbons (Fsp3) is 0.320. The van der Waals surface area contributed by atoms with Gasteiger partial charge in [0.25, 0.3) is 5.91 Å². The van der Waals surface area contributed by atoms with E-state index in [1.807, 2.05) is 42.5 Å². The molecular formula is C25H26N2O2S. The third-order valence-corrected chi connectivity index (χ3v) is 7.51. The molecule has 2 bridgehead atoms. The Hall–Kier alpha value is -2.50. The second kappa shape index (κ2) is 8.32. The van der Waals surface area contributed by atoms with Crippen molar-refractivity contribution < 1.29 is 9.21 Å². The zero-order valence-electron chi connectivity index (χ0n) is 17.1. The molecule has 3 aliphatic rings. The second-order valence-corrected chi connectivity index (χ2v) is 9.30. The molecule has 2 aromatic carbocycles. The number of fused-ring (bicyclic) bond motifs is 3. The fourth-order valence-electron chi connectivity index (χ4n) is 4.75. The van der Waals surface area contributed by atoms with Gasteiger partial charge in [0.05, 0.1) is 0 Å². The van der Waals surface area contributed by atoms with Crippen molar-refractivity contribution in [3.05, 3.63) is 72.5 Å². The van der Waals surface area contributed by atoms with Gasteiger partial charge in [0.15, 0.2) is 5.76 Å². The zero-order valence-corrected chi connectivity index (χ0v) is 17.9. The third kappa shape index (κ3) is 3.80. The van der Waals surface area contributed by atoms with Gasteiger partial charge in [0.2, 0.25) is 0 Å². The first kappa shape index (κ1) is 19.5. The lowest BCUT2D eigenvalue weighted by atomic mass is 9.79. The number of benzene rings is 2. The van der Waals surface area contributed by atoms with Crippen LogP contribution in [0.3, 0.4) is 0 Å². The van der Waals surface area contributed by atoms with Crippen LogP contribution in [0.2, 0.25) is 0 Å². The lowest BCUT2D eigenvalue weighted by molar-refractivity contribution is 0.0211. The van der Waals surface area contributed by atoms with Gasteiger partial charge in [0, 0.05) is 27.4 Å². The topological polar surface area (TPSA) is 45.5 Å². The standard InChI is InChI=1S/C25H26N2O2S/c1-17-24(18-13-15-27(17)16-14-18)26-25(28)22-12-11-21(29-22)20-9-5-6-10-23(20)30-19-7-3-2-4-8-19/h2-12,17-18,24H,13-16H2,1H3,(H,26,28)/t17-,24-/m0/s1. The molecule has 4 nitrogen and oxygen atoms in total. The summed E-state index contributed by atoms with van der Waals surface area (Å²) < 4.78 is 6.03. The van der Waals surface area contributed by atoms with E-state index in [0.717, 1.165) is 29.3 Å². The summed E-state index contributed by atoms with van der Waals surface area (Å²) in [4.78, 5) is 17.7. The molecule has 0 unspecified atom stereocenters. The molecule has 3 aliphatic heterocycles. The van der Waals surface area contributed by atoms with E-state index >= 15 is 0 Å². The van der Waals surface area contributed by atoms with Crippen LogP contribution in [0.4, 0.5) is 0 Å². The van der Waals surface area contributed by atoms with E-state index in [1.165, 1.54) is 17.7 Å². The molecule has 3 fully saturated rings. The van der Waals surface area contributed by atoms with Gasteiger partial charge < -0.3 is 9.73 Å². The average molecular weight is 419 g/mol. The molecule has 0 saturated carbocycles. The molecule has 2 atom stereocenters. The first-order chi connectivity index (χ1) is 14.7. The molecule has 1 N–H and O–H groups in total. The Balaban J connectivity index is 1.34. The largest absolute Gasteiger partial charge is 0.451 e. The van der Waals surface area contributed by atoms with Crippen LogP contribution in [-0.2, 0) is 0 Å². The van der Waals surface area contributed by atoms with Crippen LogP contribution in [0, 0.1) is 5.92 Å². The lowest BCUT2D eigenvalue weighted by Gasteiger charge is -2.49. The van der Waals surface area contributed by atoms with Crippen molar-refractivity contribution in [3.8, 4) is 11.3 Å². The van der Waals surface area contributed by atoms with Gasteiger partial charge in [-0.1, -0.05) is 48.2 Å². The van der Waals surface area contributed by atoms with Gasteiger partial charge in [-0.2, -0.15) is 0 Å². The molecule has 154 valence electrons. The molecule has 5 heteroatoms. The minimum absolute atomic E-state index is 0.111. The molecule has 1 aromatic heterocycles. The van der Waals surface area contributed by atoms with Crippen LogP contribution < -0.4 is 5.32 Å². The molecule has 4 heterocycles. The summed E-state index contributed by atoms with van der Waals surface area (Å²) in [6.07, 6.45) is 2.34. The number of piperidine rings is 3. The quantitative estimate of drug-likeness (QED) is 0.610. The molecular weight excluding hydrogens is 392 g/mol. The van der Waals surface area contributed by atoms with Gasteiger partial charge in [-0.05, 0) is 69.1 Å². The highest BCUT2D eigenvalue weighted by Gasteiger charge is 2.40. The molecule has 6 rings (SSSR count). The predicted molar refractivity (Wildman–Crippen MR) is 120 cm³/mol. The average Bonchev–Trinajstić information content (AvgIpc) is 3.28. The normalized spacial score (nSPS) is 25.2. The summed E-state index contributed by atoms with van der Waals surface area (Å²) in [5, 5.41) is 3.26. The van der Waals surface area contributed by atoms with Gasteiger partial charge in [0.1, 0.15) is 5.76 Å². The van der Waals surface area contributed by atoms with E-state index in [2.05, 4.69) is 35.3 Å². The highest BCUT2D eigenvalue weighted by molar-refractivity contribution is 7.99. The zero-order chi connectivity index (χ0) is 20.5. The summed E-state index contributed by atoms with van der Waals surface area (Å²) in [6.45, 7) is 4.53. The molecule has 0 aliphatic carbocycles. The minimum atomic E-state index is -0.111. The van der Waals surface area contributed by atoms with Gasteiger partial charge in [-0.3, -0.25) is 9.69 Å². The Bertz CT molecular complexity index is 1020. The van der Waals surface area contributed by atoms with E-state index < -0.39 is 0 Å². The van der Waals surface area contributed by atoms with Crippen LogP contribution in [0.5, 0.6) is 0 Å².